The molecule has 0 fully saturated rings. The summed E-state index contributed by atoms with van der Waals surface area (Å²) in [6, 6.07) is 12.3. The van der Waals surface area contributed by atoms with Crippen LogP contribution in [0, 0.1) is 0 Å². The minimum absolute atomic E-state index is 0.256. The van der Waals surface area contributed by atoms with E-state index in [-0.39, 0.29) is 5.95 Å². The molecule has 4 aromatic rings. The Morgan fingerprint density at radius 3 is 2.65 bits per heavy atom. The van der Waals surface area contributed by atoms with Crippen LogP contribution >= 0.6 is 0 Å². The number of rotatable bonds is 4. The van der Waals surface area contributed by atoms with E-state index in [2.05, 4.69) is 63.1 Å². The van der Waals surface area contributed by atoms with E-state index >= 15 is 0 Å². The molecular formula is C20H20N6. The Morgan fingerprint density at radius 1 is 1.04 bits per heavy atom. The van der Waals surface area contributed by atoms with E-state index in [4.69, 9.17) is 5.73 Å². The standard InChI is InChI=1S/C20H20N6/c1-3-13-6-4-5-7-16(13)26(2)17-9-11-22-19-18(17)14(12-24-19)15-8-10-23-20(21)25-15/h4-12H,3H2,1-2H3,(H,22,24)(H2,21,23,25). The fourth-order valence-electron chi connectivity index (χ4n) is 3.31. The van der Waals surface area contributed by atoms with Gasteiger partial charge in [0, 0.05) is 36.9 Å². The molecule has 0 aliphatic carbocycles. The minimum Gasteiger partial charge on any atom is -0.368 e. The normalized spacial score (nSPS) is 11.0. The van der Waals surface area contributed by atoms with Gasteiger partial charge in [-0.1, -0.05) is 25.1 Å². The number of nitrogens with zero attached hydrogens (tertiary/aromatic N) is 4. The molecule has 0 saturated carbocycles. The summed E-state index contributed by atoms with van der Waals surface area (Å²) in [4.78, 5) is 18.3. The number of hydrogen-bond donors (Lipinski definition) is 2. The zero-order chi connectivity index (χ0) is 18.1. The topological polar surface area (TPSA) is 83.7 Å². The van der Waals surface area contributed by atoms with Crippen LogP contribution in [-0.2, 0) is 6.42 Å². The molecule has 0 unspecified atom stereocenters. The second kappa shape index (κ2) is 6.48. The molecule has 6 nitrogen and oxygen atoms in total. The van der Waals surface area contributed by atoms with Crippen LogP contribution in [0.2, 0.25) is 0 Å². The third kappa shape index (κ3) is 2.65. The molecule has 26 heavy (non-hydrogen) atoms. The molecule has 4 rings (SSSR count). The van der Waals surface area contributed by atoms with Crippen LogP contribution in [0.25, 0.3) is 22.3 Å². The number of fused-ring (bicyclic) bond motifs is 1. The van der Waals surface area contributed by atoms with Gasteiger partial charge in [0.25, 0.3) is 0 Å². The first-order valence-corrected chi connectivity index (χ1v) is 8.55. The van der Waals surface area contributed by atoms with Crippen LogP contribution in [0.15, 0.2) is 55.0 Å². The Labute approximate surface area is 151 Å². The number of aromatic nitrogens is 4. The Bertz CT molecular complexity index is 1070. The number of para-hydroxylation sites is 1. The van der Waals surface area contributed by atoms with E-state index in [1.54, 1.807) is 6.20 Å². The predicted octanol–water partition coefficient (Wildman–Crippen LogP) is 3.93. The molecule has 0 saturated heterocycles. The Kier molecular flexibility index (Phi) is 4.01. The van der Waals surface area contributed by atoms with E-state index in [1.807, 2.05) is 24.5 Å². The van der Waals surface area contributed by atoms with Crippen LogP contribution in [0.1, 0.15) is 12.5 Å². The summed E-state index contributed by atoms with van der Waals surface area (Å²) in [6.07, 6.45) is 6.37. The summed E-state index contributed by atoms with van der Waals surface area (Å²) in [7, 11) is 2.08. The van der Waals surface area contributed by atoms with Gasteiger partial charge in [-0.25, -0.2) is 15.0 Å². The van der Waals surface area contributed by atoms with Crippen molar-refractivity contribution in [2.45, 2.75) is 13.3 Å². The van der Waals surface area contributed by atoms with Crippen LogP contribution < -0.4 is 10.6 Å². The zero-order valence-corrected chi connectivity index (χ0v) is 14.8. The van der Waals surface area contributed by atoms with Crippen molar-refractivity contribution >= 4 is 28.4 Å². The fraction of sp³-hybridized carbons (Fsp3) is 0.150. The lowest BCUT2D eigenvalue weighted by molar-refractivity contribution is 1.10. The summed E-state index contributed by atoms with van der Waals surface area (Å²) in [5.41, 5.74) is 11.9. The first-order chi connectivity index (χ1) is 12.7. The van der Waals surface area contributed by atoms with Gasteiger partial charge < -0.3 is 15.6 Å². The van der Waals surface area contributed by atoms with Gasteiger partial charge in [-0.3, -0.25) is 0 Å². The maximum absolute atomic E-state index is 5.78. The Balaban J connectivity index is 1.92. The summed E-state index contributed by atoms with van der Waals surface area (Å²) in [5.74, 6) is 0.256. The maximum atomic E-state index is 5.78. The van der Waals surface area contributed by atoms with Gasteiger partial charge in [0.1, 0.15) is 5.65 Å². The molecule has 6 heteroatoms. The largest absolute Gasteiger partial charge is 0.368 e. The third-order valence-electron chi connectivity index (χ3n) is 4.60. The number of anilines is 3. The lowest BCUT2D eigenvalue weighted by atomic mass is 10.1. The number of benzene rings is 1. The van der Waals surface area contributed by atoms with Crippen LogP contribution in [0.4, 0.5) is 17.3 Å². The SMILES string of the molecule is CCc1ccccc1N(C)c1ccnc2[nH]cc(-c3ccnc(N)n3)c12. The van der Waals surface area contributed by atoms with E-state index < -0.39 is 0 Å². The molecule has 0 amide bonds. The second-order valence-electron chi connectivity index (χ2n) is 6.10. The molecule has 0 aliphatic heterocycles. The van der Waals surface area contributed by atoms with Crippen molar-refractivity contribution in [3.8, 4) is 11.3 Å². The zero-order valence-electron chi connectivity index (χ0n) is 14.8. The molecule has 1 aromatic carbocycles. The van der Waals surface area contributed by atoms with Crippen LogP contribution in [0.3, 0.4) is 0 Å². The lowest BCUT2D eigenvalue weighted by Crippen LogP contribution is -2.12. The van der Waals surface area contributed by atoms with Crippen LogP contribution in [-0.4, -0.2) is 27.0 Å². The number of nitrogens with two attached hydrogens (primary N) is 1. The first-order valence-electron chi connectivity index (χ1n) is 8.55. The number of H-pyrrole nitrogens is 1. The van der Waals surface area contributed by atoms with Crippen molar-refractivity contribution in [2.24, 2.45) is 0 Å². The average molecular weight is 344 g/mol. The van der Waals surface area contributed by atoms with Gasteiger partial charge in [-0.15, -0.1) is 0 Å². The quantitative estimate of drug-likeness (QED) is 0.586. The Morgan fingerprint density at radius 2 is 1.85 bits per heavy atom. The summed E-state index contributed by atoms with van der Waals surface area (Å²) < 4.78 is 0. The highest BCUT2D eigenvalue weighted by atomic mass is 15.1. The van der Waals surface area contributed by atoms with Crippen molar-refractivity contribution in [1.29, 1.82) is 0 Å². The number of aromatic amines is 1. The van der Waals surface area contributed by atoms with Crippen molar-refractivity contribution in [3.05, 3.63) is 60.6 Å². The highest BCUT2D eigenvalue weighted by Crippen LogP contribution is 2.37. The van der Waals surface area contributed by atoms with Crippen LogP contribution in [0.5, 0.6) is 0 Å². The van der Waals surface area contributed by atoms with E-state index in [0.717, 1.165) is 34.4 Å². The van der Waals surface area contributed by atoms with Crippen molar-refractivity contribution in [1.82, 2.24) is 19.9 Å². The van der Waals surface area contributed by atoms with Crippen molar-refractivity contribution in [2.75, 3.05) is 17.7 Å². The molecule has 0 bridgehead atoms. The minimum atomic E-state index is 0.256. The van der Waals surface area contributed by atoms with Gasteiger partial charge in [-0.2, -0.15) is 0 Å². The summed E-state index contributed by atoms with van der Waals surface area (Å²) in [6.45, 7) is 2.17. The highest BCUT2D eigenvalue weighted by molar-refractivity contribution is 6.03. The van der Waals surface area contributed by atoms with Gasteiger partial charge in [-0.05, 0) is 30.2 Å². The molecule has 0 atom stereocenters. The predicted molar refractivity (Wildman–Crippen MR) is 105 cm³/mol. The Hall–Kier alpha value is -3.41. The smallest absolute Gasteiger partial charge is 0.220 e. The molecular weight excluding hydrogens is 324 g/mol. The van der Waals surface area contributed by atoms with Gasteiger partial charge >= 0.3 is 0 Å². The fourth-order valence-corrected chi connectivity index (χ4v) is 3.31. The average Bonchev–Trinajstić information content (AvgIpc) is 3.11. The molecule has 3 aromatic heterocycles. The molecule has 130 valence electrons. The highest BCUT2D eigenvalue weighted by Gasteiger charge is 2.17. The van der Waals surface area contributed by atoms with Gasteiger partial charge in [0.05, 0.1) is 16.8 Å². The summed E-state index contributed by atoms with van der Waals surface area (Å²) >= 11 is 0. The second-order valence-corrected chi connectivity index (χ2v) is 6.10. The molecule has 0 spiro atoms. The van der Waals surface area contributed by atoms with Gasteiger partial charge in [0.2, 0.25) is 5.95 Å². The number of aryl methyl sites for hydroxylation is 1. The molecule has 3 heterocycles. The maximum Gasteiger partial charge on any atom is 0.220 e. The van der Waals surface area contributed by atoms with E-state index in [9.17, 15) is 0 Å². The monoisotopic (exact) mass is 344 g/mol. The van der Waals surface area contributed by atoms with Gasteiger partial charge in [0.15, 0.2) is 0 Å². The third-order valence-corrected chi connectivity index (χ3v) is 4.60. The molecule has 0 aliphatic rings. The number of hydrogen-bond acceptors (Lipinski definition) is 5. The first kappa shape index (κ1) is 16.1. The van der Waals surface area contributed by atoms with E-state index in [1.165, 1.54) is 11.3 Å². The molecule has 3 N–H and O–H groups in total. The van der Waals surface area contributed by atoms with Crippen molar-refractivity contribution < 1.29 is 0 Å². The summed E-state index contributed by atoms with van der Waals surface area (Å²) in [5, 5.41) is 1.01. The number of nitrogens with one attached hydrogen (secondary N) is 1. The number of pyridine rings is 1. The number of nitrogen functional groups attached to an aromatic ring is 1. The van der Waals surface area contributed by atoms with E-state index in [0.29, 0.717) is 0 Å². The van der Waals surface area contributed by atoms with Crippen molar-refractivity contribution in [3.63, 3.8) is 0 Å². The lowest BCUT2D eigenvalue weighted by Gasteiger charge is -2.23. The molecule has 0 radical (unpaired) electrons.